The molecule has 0 N–H and O–H groups in total. The smallest absolute Gasteiger partial charge is 0.181 e. The van der Waals surface area contributed by atoms with Crippen LogP contribution >= 0.6 is 0 Å². The van der Waals surface area contributed by atoms with Crippen LogP contribution in [-0.2, 0) is 9.59 Å². The summed E-state index contributed by atoms with van der Waals surface area (Å²) in [7, 11) is 0. The molecule has 2 spiro atoms. The van der Waals surface area contributed by atoms with Crippen molar-refractivity contribution in [2.75, 3.05) is 0 Å². The fourth-order valence-electron chi connectivity index (χ4n) is 6.39. The molecule has 150 valence electrons. The van der Waals surface area contributed by atoms with Gasteiger partial charge in [-0.05, 0) is 83.1 Å². The first-order valence-electron chi connectivity index (χ1n) is 11.4. The predicted octanol–water partition coefficient (Wildman–Crippen LogP) is 6.88. The minimum absolute atomic E-state index is 0.193. The van der Waals surface area contributed by atoms with Gasteiger partial charge in [0.1, 0.15) is 5.78 Å². The van der Waals surface area contributed by atoms with E-state index >= 15 is 0 Å². The lowest BCUT2D eigenvalue weighted by Crippen LogP contribution is -2.30. The van der Waals surface area contributed by atoms with Gasteiger partial charge < -0.3 is 0 Å². The van der Waals surface area contributed by atoms with Crippen molar-refractivity contribution in [2.45, 2.75) is 110 Å². The quantitative estimate of drug-likeness (QED) is 0.496. The highest BCUT2D eigenvalue weighted by atomic mass is 16.1. The number of carbonyl (C=O) groups is 2. The van der Waals surface area contributed by atoms with Crippen LogP contribution in [0.25, 0.3) is 0 Å². The molecule has 0 saturated heterocycles. The van der Waals surface area contributed by atoms with Gasteiger partial charge in [0.2, 0.25) is 0 Å². The Hall–Kier alpha value is -1.18. The molecule has 0 bridgehead atoms. The van der Waals surface area contributed by atoms with Gasteiger partial charge in [0.15, 0.2) is 5.78 Å². The molecule has 4 aliphatic rings. The molecule has 0 heterocycles. The standard InChI is InChI=1S/C15H22O.C10H16O/c1-3-7-13(16)14-12(2)8-6-11-15(14)9-4-5-10-15;11-9-5-1-2-6-10(9)7-3-4-8-10/h3,7H,4-6,8-11H2,1-2H3;1-8H2/b7-3+;. The molecule has 2 nitrogen and oxygen atoms in total. The molecule has 4 aliphatic carbocycles. The molecule has 2 heteroatoms. The van der Waals surface area contributed by atoms with Crippen molar-refractivity contribution in [3.05, 3.63) is 23.3 Å². The van der Waals surface area contributed by atoms with Crippen molar-refractivity contribution in [3.63, 3.8) is 0 Å². The van der Waals surface area contributed by atoms with Gasteiger partial charge in [0, 0.05) is 17.4 Å². The molecule has 0 amide bonds. The van der Waals surface area contributed by atoms with E-state index in [1.165, 1.54) is 88.2 Å². The molecule has 0 aromatic carbocycles. The van der Waals surface area contributed by atoms with Crippen molar-refractivity contribution in [1.29, 1.82) is 0 Å². The maximum atomic E-state index is 12.2. The van der Waals surface area contributed by atoms with Crippen molar-refractivity contribution >= 4 is 11.6 Å². The van der Waals surface area contributed by atoms with E-state index in [-0.39, 0.29) is 16.6 Å². The molecule has 4 rings (SSSR count). The number of rotatable bonds is 2. The molecular weight excluding hydrogens is 332 g/mol. The van der Waals surface area contributed by atoms with E-state index in [4.69, 9.17) is 0 Å². The molecule has 0 aliphatic heterocycles. The van der Waals surface area contributed by atoms with E-state index in [2.05, 4.69) is 6.92 Å². The lowest BCUT2D eigenvalue weighted by atomic mass is 9.67. The number of ketones is 2. The highest BCUT2D eigenvalue weighted by Crippen LogP contribution is 2.52. The predicted molar refractivity (Wildman–Crippen MR) is 112 cm³/mol. The number of carbonyl (C=O) groups excluding carboxylic acids is 2. The van der Waals surface area contributed by atoms with Gasteiger partial charge in [0.05, 0.1) is 0 Å². The zero-order valence-electron chi connectivity index (χ0n) is 17.6. The second-order valence-electron chi connectivity index (χ2n) is 9.48. The minimum atomic E-state index is 0.193. The first-order valence-corrected chi connectivity index (χ1v) is 11.4. The maximum absolute atomic E-state index is 12.2. The van der Waals surface area contributed by atoms with Gasteiger partial charge in [-0.1, -0.05) is 43.8 Å². The maximum Gasteiger partial charge on any atom is 0.181 e. The van der Waals surface area contributed by atoms with Crippen LogP contribution < -0.4 is 0 Å². The minimum Gasteiger partial charge on any atom is -0.299 e. The van der Waals surface area contributed by atoms with Crippen LogP contribution in [0.1, 0.15) is 110 Å². The van der Waals surface area contributed by atoms with E-state index in [9.17, 15) is 9.59 Å². The third-order valence-electron chi connectivity index (χ3n) is 7.75. The third-order valence-corrected chi connectivity index (χ3v) is 7.75. The van der Waals surface area contributed by atoms with Gasteiger partial charge in [-0.3, -0.25) is 9.59 Å². The summed E-state index contributed by atoms with van der Waals surface area (Å²) in [6, 6.07) is 0. The summed E-state index contributed by atoms with van der Waals surface area (Å²) >= 11 is 0. The van der Waals surface area contributed by atoms with Crippen molar-refractivity contribution < 1.29 is 9.59 Å². The summed E-state index contributed by atoms with van der Waals surface area (Å²) in [6.07, 6.45) is 21.9. The van der Waals surface area contributed by atoms with Crippen LogP contribution in [0.3, 0.4) is 0 Å². The monoisotopic (exact) mass is 370 g/mol. The molecule has 3 fully saturated rings. The molecule has 0 radical (unpaired) electrons. The van der Waals surface area contributed by atoms with Gasteiger partial charge in [0.25, 0.3) is 0 Å². The first kappa shape index (κ1) is 20.6. The Bertz CT molecular complexity index is 610. The zero-order valence-corrected chi connectivity index (χ0v) is 17.6. The zero-order chi connectivity index (χ0) is 19.3. The Morgan fingerprint density at radius 2 is 1.30 bits per heavy atom. The Morgan fingerprint density at radius 3 is 1.89 bits per heavy atom. The molecular formula is C25H38O2. The highest BCUT2D eigenvalue weighted by molar-refractivity contribution is 6.05. The largest absolute Gasteiger partial charge is 0.299 e. The van der Waals surface area contributed by atoms with Crippen LogP contribution in [0.15, 0.2) is 23.3 Å². The van der Waals surface area contributed by atoms with Crippen LogP contribution in [0.2, 0.25) is 0 Å². The normalized spacial score (nSPS) is 26.7. The van der Waals surface area contributed by atoms with E-state index in [0.717, 1.165) is 19.3 Å². The van der Waals surface area contributed by atoms with Crippen LogP contribution in [0, 0.1) is 10.8 Å². The summed E-state index contributed by atoms with van der Waals surface area (Å²) in [5.74, 6) is 0.864. The van der Waals surface area contributed by atoms with Crippen LogP contribution in [-0.4, -0.2) is 11.6 Å². The summed E-state index contributed by atoms with van der Waals surface area (Å²) in [5.41, 5.74) is 2.99. The SMILES string of the molecule is C/C=C/C(=O)C1=C(C)CCCC12CCCC2.O=C1CCCCC12CCCC2. The molecule has 0 unspecified atom stereocenters. The van der Waals surface area contributed by atoms with E-state index in [0.29, 0.717) is 5.78 Å². The van der Waals surface area contributed by atoms with Gasteiger partial charge >= 0.3 is 0 Å². The number of Topliss-reactive ketones (excluding diaryl/α,β-unsaturated/α-hetero) is 1. The fourth-order valence-corrected chi connectivity index (χ4v) is 6.39. The average molecular weight is 371 g/mol. The second-order valence-corrected chi connectivity index (χ2v) is 9.48. The van der Waals surface area contributed by atoms with Crippen LogP contribution in [0.4, 0.5) is 0 Å². The highest BCUT2D eigenvalue weighted by Gasteiger charge is 2.42. The van der Waals surface area contributed by atoms with Crippen molar-refractivity contribution in [1.82, 2.24) is 0 Å². The van der Waals surface area contributed by atoms with Gasteiger partial charge in [-0.2, -0.15) is 0 Å². The Kier molecular flexibility index (Phi) is 6.76. The number of hydrogen-bond acceptors (Lipinski definition) is 2. The van der Waals surface area contributed by atoms with Crippen molar-refractivity contribution in [3.8, 4) is 0 Å². The Labute approximate surface area is 165 Å². The molecule has 27 heavy (non-hydrogen) atoms. The Balaban J connectivity index is 0.000000166. The summed E-state index contributed by atoms with van der Waals surface area (Å²) in [4.78, 5) is 23.8. The topological polar surface area (TPSA) is 34.1 Å². The number of allylic oxidation sites excluding steroid dienone is 4. The lowest BCUT2D eigenvalue weighted by Gasteiger charge is -2.36. The number of hydrogen-bond donors (Lipinski definition) is 0. The van der Waals surface area contributed by atoms with E-state index < -0.39 is 0 Å². The fraction of sp³-hybridized carbons (Fsp3) is 0.760. The third kappa shape index (κ3) is 4.30. The summed E-state index contributed by atoms with van der Waals surface area (Å²) in [5, 5.41) is 0. The molecule has 3 saturated carbocycles. The van der Waals surface area contributed by atoms with Gasteiger partial charge in [-0.25, -0.2) is 0 Å². The average Bonchev–Trinajstić information content (AvgIpc) is 3.30. The van der Waals surface area contributed by atoms with E-state index in [1.54, 1.807) is 6.08 Å². The van der Waals surface area contributed by atoms with Crippen LogP contribution in [0.5, 0.6) is 0 Å². The lowest BCUT2D eigenvalue weighted by molar-refractivity contribution is -0.131. The van der Waals surface area contributed by atoms with Crippen molar-refractivity contribution in [2.24, 2.45) is 10.8 Å². The molecule has 0 aromatic heterocycles. The van der Waals surface area contributed by atoms with Gasteiger partial charge in [-0.15, -0.1) is 0 Å². The van der Waals surface area contributed by atoms with E-state index in [1.807, 2.05) is 13.0 Å². The summed E-state index contributed by atoms with van der Waals surface area (Å²) < 4.78 is 0. The first-order chi connectivity index (χ1) is 13.0. The summed E-state index contributed by atoms with van der Waals surface area (Å²) in [6.45, 7) is 4.09. The second kappa shape index (κ2) is 8.88. The molecule has 0 atom stereocenters. The molecule has 0 aromatic rings. The Morgan fingerprint density at radius 1 is 0.778 bits per heavy atom.